The van der Waals surface area contributed by atoms with Gasteiger partial charge in [0.1, 0.15) is 5.56 Å². The average molecular weight is 389 g/mol. The van der Waals surface area contributed by atoms with Gasteiger partial charge >= 0.3 is 11.9 Å². The minimum Gasteiger partial charge on any atom is -0.462 e. The molecule has 0 saturated carbocycles. The normalized spacial score (nSPS) is 11.0. The largest absolute Gasteiger partial charge is 0.462 e. The van der Waals surface area contributed by atoms with Crippen molar-refractivity contribution in [2.75, 3.05) is 13.2 Å². The summed E-state index contributed by atoms with van der Waals surface area (Å²) in [5.41, 5.74) is 3.38. The summed E-state index contributed by atoms with van der Waals surface area (Å²) in [5.74, 6) is -1.17. The third kappa shape index (κ3) is 4.51. The summed E-state index contributed by atoms with van der Waals surface area (Å²) >= 11 is 0. The van der Waals surface area contributed by atoms with Crippen LogP contribution in [0.3, 0.4) is 0 Å². The Labute approximate surface area is 170 Å². The van der Waals surface area contributed by atoms with E-state index in [1.807, 2.05) is 43.3 Å². The molecule has 0 aliphatic rings. The Kier molecular flexibility index (Phi) is 6.39. The van der Waals surface area contributed by atoms with Gasteiger partial charge in [-0.05, 0) is 38.5 Å². The van der Waals surface area contributed by atoms with Crippen molar-refractivity contribution in [3.05, 3.63) is 76.5 Å². The first-order valence-electron chi connectivity index (χ1n) is 9.56. The van der Waals surface area contributed by atoms with E-state index in [2.05, 4.69) is 4.98 Å². The molecule has 3 aromatic rings. The number of esters is 2. The zero-order valence-corrected chi connectivity index (χ0v) is 16.8. The molecule has 0 bridgehead atoms. The molecule has 0 atom stereocenters. The molecule has 0 radical (unpaired) electrons. The van der Waals surface area contributed by atoms with Gasteiger partial charge in [0.2, 0.25) is 0 Å². The van der Waals surface area contributed by atoms with Gasteiger partial charge in [0.05, 0.1) is 30.0 Å². The summed E-state index contributed by atoms with van der Waals surface area (Å²) in [6.45, 7) is 5.85. The maximum Gasteiger partial charge on any atom is 0.341 e. The molecule has 0 amide bonds. The lowest BCUT2D eigenvalue weighted by molar-refractivity contribution is 0.0480. The third-order valence-electron chi connectivity index (χ3n) is 4.39. The number of aryl methyl sites for hydroxylation is 1. The van der Waals surface area contributed by atoms with Crippen LogP contribution in [-0.2, 0) is 9.47 Å². The molecule has 5 heteroatoms. The predicted molar refractivity (Wildman–Crippen MR) is 114 cm³/mol. The van der Waals surface area contributed by atoms with Crippen molar-refractivity contribution in [1.29, 1.82) is 0 Å². The highest BCUT2D eigenvalue weighted by Crippen LogP contribution is 2.27. The maximum absolute atomic E-state index is 12.8. The van der Waals surface area contributed by atoms with Crippen molar-refractivity contribution in [2.24, 2.45) is 0 Å². The van der Waals surface area contributed by atoms with Gasteiger partial charge in [0, 0.05) is 5.39 Å². The summed E-state index contributed by atoms with van der Waals surface area (Å²) in [6, 6.07) is 15.1. The van der Waals surface area contributed by atoms with Crippen LogP contribution in [0.15, 0.2) is 48.5 Å². The molecule has 0 spiro atoms. The quantitative estimate of drug-likeness (QED) is 0.551. The molecule has 3 rings (SSSR count). The number of rotatable bonds is 6. The van der Waals surface area contributed by atoms with Gasteiger partial charge in [-0.15, -0.1) is 0 Å². The molecule has 0 saturated heterocycles. The van der Waals surface area contributed by atoms with Gasteiger partial charge in [0.15, 0.2) is 0 Å². The molecule has 0 N–H and O–H groups in total. The van der Waals surface area contributed by atoms with Crippen LogP contribution >= 0.6 is 0 Å². The molecule has 1 heterocycles. The Bertz CT molecular complexity index is 1070. The van der Waals surface area contributed by atoms with Gasteiger partial charge in [-0.25, -0.2) is 14.6 Å². The van der Waals surface area contributed by atoms with E-state index in [1.54, 1.807) is 38.1 Å². The van der Waals surface area contributed by atoms with Gasteiger partial charge in [-0.2, -0.15) is 0 Å². The highest BCUT2D eigenvalue weighted by Gasteiger charge is 2.26. The van der Waals surface area contributed by atoms with Crippen molar-refractivity contribution in [2.45, 2.75) is 20.8 Å². The van der Waals surface area contributed by atoms with Crippen LogP contribution < -0.4 is 0 Å². The summed E-state index contributed by atoms with van der Waals surface area (Å²) in [7, 11) is 0. The number of benzene rings is 2. The molecular formula is C24H23NO4. The number of pyridine rings is 1. The standard InChI is InChI=1S/C24H23NO4/c1-4-28-23(26)21-18-8-6-7-9-19(18)25-20(22(21)24(27)29-5-2)15-14-17-12-10-16(3)11-13-17/h6-15H,4-5H2,1-3H3/b15-14+. The van der Waals surface area contributed by atoms with Crippen molar-refractivity contribution in [3.63, 3.8) is 0 Å². The number of carbonyl (C=O) groups excluding carboxylic acids is 2. The van der Waals surface area contributed by atoms with Crippen molar-refractivity contribution in [1.82, 2.24) is 4.98 Å². The number of hydrogen-bond donors (Lipinski definition) is 0. The van der Waals surface area contributed by atoms with Crippen molar-refractivity contribution >= 4 is 35.0 Å². The zero-order chi connectivity index (χ0) is 20.8. The van der Waals surface area contributed by atoms with Crippen LogP contribution in [0, 0.1) is 6.92 Å². The van der Waals surface area contributed by atoms with Crippen LogP contribution in [0.5, 0.6) is 0 Å². The molecule has 0 fully saturated rings. The summed E-state index contributed by atoms with van der Waals surface area (Å²) < 4.78 is 10.5. The second-order valence-electron chi connectivity index (χ2n) is 6.45. The molecule has 29 heavy (non-hydrogen) atoms. The highest BCUT2D eigenvalue weighted by molar-refractivity contribution is 6.13. The smallest absolute Gasteiger partial charge is 0.341 e. The fourth-order valence-corrected chi connectivity index (χ4v) is 3.03. The highest BCUT2D eigenvalue weighted by atomic mass is 16.5. The van der Waals surface area contributed by atoms with Crippen LogP contribution in [0.1, 0.15) is 51.4 Å². The Morgan fingerprint density at radius 2 is 1.48 bits per heavy atom. The van der Waals surface area contributed by atoms with E-state index < -0.39 is 11.9 Å². The number of fused-ring (bicyclic) bond motifs is 1. The van der Waals surface area contributed by atoms with Crippen LogP contribution in [-0.4, -0.2) is 30.1 Å². The lowest BCUT2D eigenvalue weighted by atomic mass is 9.99. The van der Waals surface area contributed by atoms with Gasteiger partial charge < -0.3 is 9.47 Å². The first-order chi connectivity index (χ1) is 14.0. The van der Waals surface area contributed by atoms with Crippen LogP contribution in [0.2, 0.25) is 0 Å². The molecule has 0 aliphatic heterocycles. The van der Waals surface area contributed by atoms with Gasteiger partial charge in [-0.1, -0.05) is 54.1 Å². The molecular weight excluding hydrogens is 366 g/mol. The molecule has 0 unspecified atom stereocenters. The second-order valence-corrected chi connectivity index (χ2v) is 6.45. The Hall–Kier alpha value is -3.47. The maximum atomic E-state index is 12.8. The van der Waals surface area contributed by atoms with E-state index in [0.717, 1.165) is 11.1 Å². The topological polar surface area (TPSA) is 65.5 Å². The number of hydrogen-bond acceptors (Lipinski definition) is 5. The Balaban J connectivity index is 2.23. The van der Waals surface area contributed by atoms with Crippen LogP contribution in [0.25, 0.3) is 23.1 Å². The summed E-state index contributed by atoms with van der Waals surface area (Å²) in [6.07, 6.45) is 3.58. The molecule has 0 aliphatic carbocycles. The van der Waals surface area contributed by atoms with E-state index in [4.69, 9.17) is 9.47 Å². The van der Waals surface area contributed by atoms with E-state index in [1.165, 1.54) is 0 Å². The lowest BCUT2D eigenvalue weighted by Gasteiger charge is -2.14. The molecule has 1 aromatic heterocycles. The van der Waals surface area contributed by atoms with E-state index in [-0.39, 0.29) is 24.3 Å². The van der Waals surface area contributed by atoms with E-state index >= 15 is 0 Å². The Morgan fingerprint density at radius 1 is 0.862 bits per heavy atom. The first-order valence-corrected chi connectivity index (χ1v) is 9.56. The minimum atomic E-state index is -0.600. The monoisotopic (exact) mass is 389 g/mol. The fraction of sp³-hybridized carbons (Fsp3) is 0.208. The van der Waals surface area contributed by atoms with Crippen molar-refractivity contribution in [3.8, 4) is 0 Å². The SMILES string of the molecule is CCOC(=O)c1c(/C=C/c2ccc(C)cc2)nc2ccccc2c1C(=O)OCC. The molecule has 148 valence electrons. The number of ether oxygens (including phenoxy) is 2. The van der Waals surface area contributed by atoms with Gasteiger partial charge in [0.25, 0.3) is 0 Å². The average Bonchev–Trinajstić information content (AvgIpc) is 2.72. The van der Waals surface area contributed by atoms with E-state index in [0.29, 0.717) is 16.6 Å². The second kappa shape index (κ2) is 9.15. The molecule has 5 nitrogen and oxygen atoms in total. The molecule has 2 aromatic carbocycles. The summed E-state index contributed by atoms with van der Waals surface area (Å²) in [4.78, 5) is 30.2. The number of carbonyl (C=O) groups is 2. The predicted octanol–water partition coefficient (Wildman–Crippen LogP) is 5.07. The van der Waals surface area contributed by atoms with Crippen molar-refractivity contribution < 1.29 is 19.1 Å². The number of aromatic nitrogens is 1. The summed E-state index contributed by atoms with van der Waals surface area (Å²) in [5, 5.41) is 0.557. The van der Waals surface area contributed by atoms with Crippen LogP contribution in [0.4, 0.5) is 0 Å². The number of nitrogens with zero attached hydrogens (tertiary/aromatic N) is 1. The first kappa shape index (κ1) is 20.3. The van der Waals surface area contributed by atoms with Gasteiger partial charge in [-0.3, -0.25) is 0 Å². The third-order valence-corrected chi connectivity index (χ3v) is 4.39. The number of para-hydroxylation sites is 1. The minimum absolute atomic E-state index is 0.118. The fourth-order valence-electron chi connectivity index (χ4n) is 3.03. The zero-order valence-electron chi connectivity index (χ0n) is 16.8. The lowest BCUT2D eigenvalue weighted by Crippen LogP contribution is -2.17. The Morgan fingerprint density at radius 3 is 2.14 bits per heavy atom. The van der Waals surface area contributed by atoms with E-state index in [9.17, 15) is 9.59 Å².